The molecule has 0 radical (unpaired) electrons. The minimum Gasteiger partial charge on any atom is -0.480 e. The van der Waals surface area contributed by atoms with Crippen molar-refractivity contribution in [3.63, 3.8) is 0 Å². The smallest absolute Gasteiger partial charge is 0.329 e. The first kappa shape index (κ1) is 39.3. The van der Waals surface area contributed by atoms with Crippen molar-refractivity contribution in [3.05, 3.63) is 54.1 Å². The van der Waals surface area contributed by atoms with Gasteiger partial charge in [-0.2, -0.15) is 16.8 Å². The molecule has 2 aromatic rings. The third-order valence-electron chi connectivity index (χ3n) is 5.36. The molecule has 0 amide bonds. The molecule has 2 aromatic carbocycles. The van der Waals surface area contributed by atoms with Gasteiger partial charge in [-0.3, -0.25) is 9.11 Å². The average Bonchev–Trinajstić information content (AvgIpc) is 2.85. The molecule has 6 N–H and O–H groups in total. The molecule has 10 nitrogen and oxygen atoms in total. The summed E-state index contributed by atoms with van der Waals surface area (Å²) in [6.07, 6.45) is 13.3. The van der Waals surface area contributed by atoms with Gasteiger partial charge >= 0.3 is 5.97 Å². The van der Waals surface area contributed by atoms with Gasteiger partial charge in [0.25, 0.3) is 20.2 Å². The second kappa shape index (κ2) is 22.0. The van der Waals surface area contributed by atoms with Gasteiger partial charge < -0.3 is 15.9 Å². The maximum absolute atomic E-state index is 11.3. The second-order valence-electron chi connectivity index (χ2n) is 8.61. The standard InChI is InChI=1S/C18H30O3S.C6H7NO3S.C2H4O3.Ti/c1-2-3-4-5-6-7-8-9-10-11-14-17-15-12-13-16-18(17)22(19,20)21;7-5-1-3-6(4-2-5)11(8,9)10;3-1-2(4)5;/h12-13,15-16H,2-11,14H2,1H3,(H,19,20,21);1-4H,7H2,(H,8,9,10);3H,1H2,(H,4,5);. The second-order valence-corrected chi connectivity index (χ2v) is 11.4. The Labute approximate surface area is 247 Å². The van der Waals surface area contributed by atoms with Gasteiger partial charge in [0.15, 0.2) is 0 Å². The van der Waals surface area contributed by atoms with Gasteiger partial charge in [0, 0.05) is 27.4 Å². The number of benzene rings is 2. The van der Waals surface area contributed by atoms with Gasteiger partial charge in [0.2, 0.25) is 0 Å². The fourth-order valence-corrected chi connectivity index (χ4v) is 4.64. The number of carboxylic acids is 1. The van der Waals surface area contributed by atoms with Crippen LogP contribution in [0.3, 0.4) is 0 Å². The summed E-state index contributed by atoms with van der Waals surface area (Å²) in [7, 11) is -8.17. The van der Waals surface area contributed by atoms with Crippen LogP contribution in [0.1, 0.15) is 76.7 Å². The molecule has 0 spiro atoms. The fraction of sp³-hybridized carbons (Fsp3) is 0.500. The SMILES string of the molecule is CCCCCCCCCCCCc1ccccc1S(=O)(=O)O.Nc1ccc(S(=O)(=O)O)cc1.O=C(O)CO.[Ti]. The Morgan fingerprint density at radius 1 is 0.744 bits per heavy atom. The van der Waals surface area contributed by atoms with E-state index in [-0.39, 0.29) is 31.5 Å². The molecule has 0 aliphatic heterocycles. The molecule has 13 heteroatoms. The first-order chi connectivity index (χ1) is 17.8. The van der Waals surface area contributed by atoms with Crippen LogP contribution in [0.4, 0.5) is 5.69 Å². The number of aliphatic hydroxyl groups excluding tert-OH is 1. The van der Waals surface area contributed by atoms with E-state index in [2.05, 4.69) is 6.92 Å². The Kier molecular flexibility index (Phi) is 22.2. The molecule has 0 aromatic heterocycles. The Bertz CT molecular complexity index is 1140. The molecule has 39 heavy (non-hydrogen) atoms. The Balaban J connectivity index is 0. The summed E-state index contributed by atoms with van der Waals surface area (Å²) < 4.78 is 61.2. The monoisotopic (exact) mass is 623 g/mol. The van der Waals surface area contributed by atoms with Crippen molar-refractivity contribution in [2.75, 3.05) is 12.3 Å². The molecule has 220 valence electrons. The van der Waals surface area contributed by atoms with Crippen LogP contribution in [-0.2, 0) is 53.2 Å². The quantitative estimate of drug-likeness (QED) is 0.0830. The number of unbranched alkanes of at least 4 members (excludes halogenated alkanes) is 9. The molecule has 0 fully saturated rings. The third-order valence-corrected chi connectivity index (χ3v) is 7.19. The predicted molar refractivity (Wildman–Crippen MR) is 147 cm³/mol. The Morgan fingerprint density at radius 2 is 1.18 bits per heavy atom. The zero-order valence-corrected chi connectivity index (χ0v) is 25.5. The van der Waals surface area contributed by atoms with Crippen molar-refractivity contribution in [2.24, 2.45) is 0 Å². The van der Waals surface area contributed by atoms with Crippen LogP contribution in [0.15, 0.2) is 58.3 Å². The number of hydrogen-bond acceptors (Lipinski definition) is 7. The van der Waals surface area contributed by atoms with Crippen LogP contribution < -0.4 is 5.73 Å². The number of anilines is 1. The van der Waals surface area contributed by atoms with Gasteiger partial charge in [0.05, 0.1) is 9.79 Å². The van der Waals surface area contributed by atoms with E-state index >= 15 is 0 Å². The summed E-state index contributed by atoms with van der Waals surface area (Å²) >= 11 is 0. The van der Waals surface area contributed by atoms with Gasteiger partial charge in [0.1, 0.15) is 6.61 Å². The first-order valence-corrected chi connectivity index (χ1v) is 15.4. The number of aliphatic hydroxyl groups is 1. The number of aryl methyl sites for hydroxylation is 1. The molecular weight excluding hydrogens is 582 g/mol. The summed E-state index contributed by atoms with van der Waals surface area (Å²) in [4.78, 5) is 9.03. The summed E-state index contributed by atoms with van der Waals surface area (Å²) in [5.41, 5.74) is 6.48. The molecule has 0 saturated carbocycles. The van der Waals surface area contributed by atoms with E-state index in [9.17, 15) is 21.4 Å². The van der Waals surface area contributed by atoms with Crippen LogP contribution in [0, 0.1) is 0 Å². The van der Waals surface area contributed by atoms with Crippen LogP contribution in [0.2, 0.25) is 0 Å². The van der Waals surface area contributed by atoms with Crippen LogP contribution in [0.25, 0.3) is 0 Å². The first-order valence-electron chi connectivity index (χ1n) is 12.5. The van der Waals surface area contributed by atoms with E-state index in [1.165, 1.54) is 81.7 Å². The topological polar surface area (TPSA) is 192 Å². The minimum atomic E-state index is -4.10. The van der Waals surface area contributed by atoms with Crippen molar-refractivity contribution < 1.29 is 62.7 Å². The molecule has 2 rings (SSSR count). The largest absolute Gasteiger partial charge is 0.480 e. The van der Waals surface area contributed by atoms with Crippen molar-refractivity contribution in [3.8, 4) is 0 Å². The Hall–Kier alpha value is -1.80. The maximum Gasteiger partial charge on any atom is 0.329 e. The van der Waals surface area contributed by atoms with E-state index in [0.29, 0.717) is 12.1 Å². The molecule has 0 aliphatic carbocycles. The number of nitrogens with two attached hydrogens (primary N) is 1. The van der Waals surface area contributed by atoms with E-state index < -0.39 is 32.8 Å². The summed E-state index contributed by atoms with van der Waals surface area (Å²) in [5, 5.41) is 15.0. The summed E-state index contributed by atoms with van der Waals surface area (Å²) in [5.74, 6) is -1.19. The van der Waals surface area contributed by atoms with Crippen LogP contribution in [0.5, 0.6) is 0 Å². The zero-order chi connectivity index (χ0) is 29.0. The van der Waals surface area contributed by atoms with Crippen molar-refractivity contribution in [1.29, 1.82) is 0 Å². The molecule has 0 unspecified atom stereocenters. The van der Waals surface area contributed by atoms with Crippen molar-refractivity contribution >= 4 is 31.9 Å². The van der Waals surface area contributed by atoms with Crippen LogP contribution >= 0.6 is 0 Å². The fourth-order valence-electron chi connectivity index (χ4n) is 3.40. The van der Waals surface area contributed by atoms with Crippen LogP contribution in [-0.4, -0.2) is 48.7 Å². The minimum absolute atomic E-state index is 0. The molecule has 0 bridgehead atoms. The number of hydrogen-bond donors (Lipinski definition) is 5. The van der Waals surface area contributed by atoms with E-state index in [0.717, 1.165) is 18.4 Å². The van der Waals surface area contributed by atoms with Gasteiger partial charge in [-0.1, -0.05) is 82.9 Å². The van der Waals surface area contributed by atoms with E-state index in [1.54, 1.807) is 12.1 Å². The summed E-state index contributed by atoms with van der Waals surface area (Å²) in [6, 6.07) is 12.0. The predicted octanol–water partition coefficient (Wildman–Crippen LogP) is 4.97. The molecule has 0 saturated heterocycles. The average molecular weight is 624 g/mol. The maximum atomic E-state index is 11.3. The number of carboxylic acid groups (broad SMARTS) is 1. The summed E-state index contributed by atoms with van der Waals surface area (Å²) in [6.45, 7) is 1.46. The molecule has 0 aliphatic rings. The molecule has 0 heterocycles. The number of aliphatic carboxylic acids is 1. The van der Waals surface area contributed by atoms with E-state index in [4.69, 9.17) is 25.3 Å². The Morgan fingerprint density at radius 3 is 1.59 bits per heavy atom. The van der Waals surface area contributed by atoms with Gasteiger partial charge in [-0.25, -0.2) is 4.79 Å². The van der Waals surface area contributed by atoms with Crippen molar-refractivity contribution in [1.82, 2.24) is 0 Å². The molecular formula is C26H41NO9S2Ti. The van der Waals surface area contributed by atoms with Gasteiger partial charge in [-0.05, 0) is 48.7 Å². The molecule has 0 atom stereocenters. The number of nitrogen functional groups attached to an aromatic ring is 1. The zero-order valence-electron chi connectivity index (χ0n) is 22.3. The van der Waals surface area contributed by atoms with Gasteiger partial charge in [-0.15, -0.1) is 0 Å². The normalized spacial score (nSPS) is 10.8. The number of rotatable bonds is 14. The van der Waals surface area contributed by atoms with E-state index in [1.807, 2.05) is 6.07 Å². The number of carbonyl (C=O) groups is 1. The third kappa shape index (κ3) is 20.7. The van der Waals surface area contributed by atoms with Crippen molar-refractivity contribution in [2.45, 2.75) is 87.3 Å².